The van der Waals surface area contributed by atoms with Crippen molar-refractivity contribution in [3.63, 3.8) is 0 Å². The molecule has 0 saturated heterocycles. The first-order chi connectivity index (χ1) is 22.1. The van der Waals surface area contributed by atoms with Crippen LogP contribution in [0.1, 0.15) is 17.9 Å². The van der Waals surface area contributed by atoms with Gasteiger partial charge in [-0.05, 0) is 48.0 Å². The van der Waals surface area contributed by atoms with Crippen LogP contribution in [0.3, 0.4) is 0 Å². The van der Waals surface area contributed by atoms with E-state index in [4.69, 9.17) is 14.5 Å². The maximum Gasteiger partial charge on any atom is 0.232 e. The van der Waals surface area contributed by atoms with Crippen molar-refractivity contribution in [2.75, 3.05) is 30.8 Å². The normalized spacial score (nSPS) is 19.8. The van der Waals surface area contributed by atoms with E-state index in [0.717, 1.165) is 10.6 Å². The lowest BCUT2D eigenvalue weighted by Crippen LogP contribution is -2.34. The number of hydrogen-bond acceptors (Lipinski definition) is 6. The summed E-state index contributed by atoms with van der Waals surface area (Å²) in [7, 11) is -2.50. The average molecular weight is 651 g/mol. The minimum absolute atomic E-state index is 0.1000. The van der Waals surface area contributed by atoms with E-state index in [1.807, 2.05) is 0 Å². The highest BCUT2D eigenvalue weighted by Crippen LogP contribution is 2.48. The lowest BCUT2D eigenvalue weighted by atomic mass is 9.86. The first-order valence-electron chi connectivity index (χ1n) is 14.6. The van der Waals surface area contributed by atoms with Crippen molar-refractivity contribution in [3.05, 3.63) is 83.7 Å². The molecule has 0 radical (unpaired) electrons. The molecule has 46 heavy (non-hydrogen) atoms. The summed E-state index contributed by atoms with van der Waals surface area (Å²) in [6, 6.07) is 12.9. The van der Waals surface area contributed by atoms with Crippen molar-refractivity contribution in [3.8, 4) is 34.1 Å². The number of allylic oxidation sites excluding steroid dienone is 2. The quantitative estimate of drug-likeness (QED) is 0.287. The van der Waals surface area contributed by atoms with Gasteiger partial charge in [0.15, 0.2) is 6.73 Å². The summed E-state index contributed by atoms with van der Waals surface area (Å²) < 4.78 is 83.5. The zero-order valence-corrected chi connectivity index (χ0v) is 25.7. The molecule has 0 fully saturated rings. The SMILES string of the molecule is CNC(=O)C1c2cc(-c3ccc4c(n3)-c3cc5c(F)cccc5n3CO4)c(N(CCF)S(C)(=O)=O)cc2OC1C1=CCC(F)C=C1. The van der Waals surface area contributed by atoms with Gasteiger partial charge in [-0.1, -0.05) is 18.2 Å². The highest BCUT2D eigenvalue weighted by atomic mass is 32.2. The molecule has 4 aromatic rings. The number of ether oxygens (including phenoxy) is 2. The van der Waals surface area contributed by atoms with Gasteiger partial charge < -0.3 is 19.4 Å². The number of rotatable bonds is 7. The Labute approximate surface area is 263 Å². The second-order valence-electron chi connectivity index (χ2n) is 11.3. The fraction of sp³-hybridized carbons (Fsp3) is 0.273. The minimum atomic E-state index is -3.99. The summed E-state index contributed by atoms with van der Waals surface area (Å²) in [5.74, 6) is -0.939. The summed E-state index contributed by atoms with van der Waals surface area (Å²) in [5, 5.41) is 3.07. The third kappa shape index (κ3) is 4.89. The molecular formula is C33H29F3N4O5S. The van der Waals surface area contributed by atoms with E-state index >= 15 is 0 Å². The number of nitrogens with one attached hydrogen (secondary N) is 1. The molecule has 9 nitrogen and oxygen atoms in total. The van der Waals surface area contributed by atoms with Gasteiger partial charge in [0.05, 0.1) is 35.4 Å². The van der Waals surface area contributed by atoms with Crippen molar-refractivity contribution in [2.45, 2.75) is 31.3 Å². The fourth-order valence-electron chi connectivity index (χ4n) is 6.38. The molecule has 3 aliphatic rings. The molecule has 1 amide bonds. The molecular weight excluding hydrogens is 621 g/mol. The number of benzene rings is 2. The molecule has 0 spiro atoms. The largest absolute Gasteiger partial charge is 0.484 e. The topological polar surface area (TPSA) is 103 Å². The van der Waals surface area contributed by atoms with Crippen LogP contribution in [0.2, 0.25) is 0 Å². The number of halogens is 3. The van der Waals surface area contributed by atoms with Gasteiger partial charge in [0.25, 0.3) is 0 Å². The lowest BCUT2D eigenvalue weighted by Gasteiger charge is -2.25. The third-order valence-electron chi connectivity index (χ3n) is 8.53. The maximum atomic E-state index is 14.7. The predicted octanol–water partition coefficient (Wildman–Crippen LogP) is 5.41. The molecule has 3 unspecified atom stereocenters. The van der Waals surface area contributed by atoms with Crippen LogP contribution in [-0.4, -0.2) is 62.7 Å². The molecule has 4 heterocycles. The first-order valence-corrected chi connectivity index (χ1v) is 16.5. The number of hydrogen-bond donors (Lipinski definition) is 1. The average Bonchev–Trinajstić information content (AvgIpc) is 3.62. The van der Waals surface area contributed by atoms with Crippen molar-refractivity contribution in [1.82, 2.24) is 14.9 Å². The second-order valence-corrected chi connectivity index (χ2v) is 13.2. The third-order valence-corrected chi connectivity index (χ3v) is 9.71. The Morgan fingerprint density at radius 1 is 1.17 bits per heavy atom. The van der Waals surface area contributed by atoms with E-state index in [9.17, 15) is 26.4 Å². The van der Waals surface area contributed by atoms with Crippen LogP contribution in [0.15, 0.2) is 72.3 Å². The highest BCUT2D eigenvalue weighted by Gasteiger charge is 2.42. The van der Waals surface area contributed by atoms with Crippen LogP contribution in [0, 0.1) is 5.82 Å². The van der Waals surface area contributed by atoms with Gasteiger partial charge in [-0.15, -0.1) is 0 Å². The van der Waals surface area contributed by atoms with Crippen molar-refractivity contribution in [2.24, 2.45) is 0 Å². The number of carbonyl (C=O) groups is 1. The van der Waals surface area contributed by atoms with Crippen LogP contribution >= 0.6 is 0 Å². The number of fused-ring (bicyclic) bond motifs is 6. The number of aromatic nitrogens is 2. The molecule has 0 bridgehead atoms. The summed E-state index contributed by atoms with van der Waals surface area (Å²) in [4.78, 5) is 18.2. The van der Waals surface area contributed by atoms with E-state index in [1.54, 1.807) is 53.1 Å². The van der Waals surface area contributed by atoms with Crippen LogP contribution < -0.4 is 19.1 Å². The first kappa shape index (κ1) is 29.9. The van der Waals surface area contributed by atoms with Crippen LogP contribution in [0.4, 0.5) is 18.9 Å². The summed E-state index contributed by atoms with van der Waals surface area (Å²) >= 11 is 0. The lowest BCUT2D eigenvalue weighted by molar-refractivity contribution is -0.123. The van der Waals surface area contributed by atoms with Gasteiger partial charge in [-0.2, -0.15) is 0 Å². The number of sulfonamides is 1. The van der Waals surface area contributed by atoms with Gasteiger partial charge in [0.1, 0.15) is 47.9 Å². The summed E-state index contributed by atoms with van der Waals surface area (Å²) in [6.07, 6.45) is 3.80. The van der Waals surface area contributed by atoms with E-state index in [1.165, 1.54) is 25.3 Å². The molecule has 1 aliphatic carbocycles. The number of amides is 1. The maximum absolute atomic E-state index is 14.7. The van der Waals surface area contributed by atoms with E-state index in [-0.39, 0.29) is 30.5 Å². The van der Waals surface area contributed by atoms with Gasteiger partial charge >= 0.3 is 0 Å². The molecule has 3 atom stereocenters. The Balaban J connectivity index is 1.43. The van der Waals surface area contributed by atoms with Crippen LogP contribution in [0.25, 0.3) is 33.5 Å². The predicted molar refractivity (Wildman–Crippen MR) is 167 cm³/mol. The molecule has 0 saturated carbocycles. The van der Waals surface area contributed by atoms with Gasteiger partial charge in [-0.25, -0.2) is 26.6 Å². The number of carbonyl (C=O) groups excluding carboxylic acids is 1. The monoisotopic (exact) mass is 650 g/mol. The van der Waals surface area contributed by atoms with Crippen molar-refractivity contribution >= 4 is 32.5 Å². The smallest absolute Gasteiger partial charge is 0.232 e. The standard InChI is InChI=1S/C33H29F3N4O5S/c1-37-33(41)30-22-14-21(24-10-11-28-31(38-24)27-15-20-23(36)4-3-5-25(20)39(27)17-44-28)26(40(13-12-34)46(2,42)43)16-29(22)45-32(30)18-6-8-19(35)9-7-18/h3-8,10-11,14-16,19,30,32H,9,12-13,17H2,1-2H3,(H,37,41). The molecule has 2 aromatic heterocycles. The van der Waals surface area contributed by atoms with Gasteiger partial charge in [-0.3, -0.25) is 9.10 Å². The van der Waals surface area contributed by atoms with E-state index in [2.05, 4.69) is 5.32 Å². The number of nitrogens with zero attached hydrogens (tertiary/aromatic N) is 3. The van der Waals surface area contributed by atoms with Gasteiger partial charge in [0.2, 0.25) is 15.9 Å². The van der Waals surface area contributed by atoms with Crippen LogP contribution in [0.5, 0.6) is 11.5 Å². The number of anilines is 1. The Kier molecular flexibility index (Phi) is 7.30. The Morgan fingerprint density at radius 3 is 2.72 bits per heavy atom. The highest BCUT2D eigenvalue weighted by molar-refractivity contribution is 7.92. The van der Waals surface area contributed by atoms with Crippen molar-refractivity contribution in [1.29, 1.82) is 0 Å². The van der Waals surface area contributed by atoms with Gasteiger partial charge in [0, 0.05) is 36.0 Å². The Bertz CT molecular complexity index is 2080. The summed E-state index contributed by atoms with van der Waals surface area (Å²) in [6.45, 7) is -1.30. The molecule has 2 aromatic carbocycles. The molecule has 7 rings (SSSR count). The van der Waals surface area contributed by atoms with Crippen molar-refractivity contribution < 1.29 is 35.9 Å². The Hall–Kier alpha value is -4.78. The fourth-order valence-corrected chi connectivity index (χ4v) is 7.29. The van der Waals surface area contributed by atoms with E-state index < -0.39 is 47.3 Å². The molecule has 13 heteroatoms. The molecule has 238 valence electrons. The molecule has 1 N–H and O–H groups in total. The van der Waals surface area contributed by atoms with Crippen LogP contribution in [-0.2, 0) is 21.5 Å². The number of alkyl halides is 2. The van der Waals surface area contributed by atoms with E-state index in [0.29, 0.717) is 50.4 Å². The summed E-state index contributed by atoms with van der Waals surface area (Å²) in [5.41, 5.74) is 3.40. The number of pyridine rings is 1. The molecule has 2 aliphatic heterocycles. The zero-order chi connectivity index (χ0) is 32.3. The second kappa shape index (κ2) is 11.2. The zero-order valence-electron chi connectivity index (χ0n) is 24.8. The Morgan fingerprint density at radius 2 is 2.00 bits per heavy atom. The minimum Gasteiger partial charge on any atom is -0.484 e. The number of likely N-dealkylation sites (N-methyl/N-ethyl adjacent to an activating group) is 1.